The molecule has 0 aliphatic carbocycles. The van der Waals surface area contributed by atoms with Crippen LogP contribution in [0, 0.1) is 0 Å². The summed E-state index contributed by atoms with van der Waals surface area (Å²) in [5.74, 6) is 0.713. The molecule has 0 aromatic heterocycles. The Balaban J connectivity index is 1.52. The van der Waals surface area contributed by atoms with E-state index in [1.54, 1.807) is 6.21 Å². The third kappa shape index (κ3) is 4.26. The van der Waals surface area contributed by atoms with Gasteiger partial charge in [-0.1, -0.05) is 89.9 Å². The van der Waals surface area contributed by atoms with Crippen LogP contribution in [0.1, 0.15) is 52.5 Å². The zero-order valence-corrected chi connectivity index (χ0v) is 20.9. The minimum atomic E-state index is 0.356. The van der Waals surface area contributed by atoms with Gasteiger partial charge in [0.15, 0.2) is 0 Å². The summed E-state index contributed by atoms with van der Waals surface area (Å²) in [6, 6.07) is 31.9. The van der Waals surface area contributed by atoms with E-state index in [4.69, 9.17) is 28.2 Å². The number of nitrogens with zero attached hydrogens (tertiary/aromatic N) is 2. The van der Waals surface area contributed by atoms with E-state index in [-0.39, 0.29) is 0 Å². The lowest BCUT2D eigenvalue weighted by Crippen LogP contribution is -2.37. The van der Waals surface area contributed by atoms with Crippen molar-refractivity contribution >= 4 is 40.8 Å². The molecule has 0 radical (unpaired) electrons. The molecule has 2 heterocycles. The van der Waals surface area contributed by atoms with Crippen molar-refractivity contribution in [2.45, 2.75) is 24.7 Å². The van der Waals surface area contributed by atoms with E-state index in [0.717, 1.165) is 37.2 Å². The van der Waals surface area contributed by atoms with Gasteiger partial charge in [-0.05, 0) is 59.4 Å². The Labute approximate surface area is 216 Å². The lowest BCUT2D eigenvalue weighted by Gasteiger charge is -2.43. The van der Waals surface area contributed by atoms with Crippen molar-refractivity contribution in [1.82, 2.24) is 0 Å². The van der Waals surface area contributed by atoms with E-state index in [2.05, 4.69) is 77.7 Å². The van der Waals surface area contributed by atoms with Crippen molar-refractivity contribution < 1.29 is 0 Å². The van der Waals surface area contributed by atoms with E-state index in [1.165, 1.54) is 27.9 Å². The second-order valence-electron chi connectivity index (χ2n) is 9.36. The highest BCUT2D eigenvalue weighted by molar-refractivity contribution is 6.38. The highest BCUT2D eigenvalue weighted by atomic mass is 35.5. The molecule has 174 valence electrons. The zero-order chi connectivity index (χ0) is 23.8. The molecule has 4 aromatic rings. The number of anilines is 1. The maximum Gasteiger partial charge on any atom is 0.0637 e. The third-order valence-electron chi connectivity index (χ3n) is 7.34. The molecule has 0 saturated heterocycles. The van der Waals surface area contributed by atoms with Gasteiger partial charge < -0.3 is 4.90 Å². The minimum Gasteiger partial charge on any atom is -0.371 e. The summed E-state index contributed by atoms with van der Waals surface area (Å²) in [6.45, 7) is 2.16. The molecule has 0 unspecified atom stereocenters. The number of halogens is 2. The fourth-order valence-electron chi connectivity index (χ4n) is 5.69. The van der Waals surface area contributed by atoms with Gasteiger partial charge in [0.1, 0.15) is 0 Å². The van der Waals surface area contributed by atoms with Crippen LogP contribution < -0.4 is 4.90 Å². The Kier molecular flexibility index (Phi) is 6.10. The maximum atomic E-state index is 6.42. The summed E-state index contributed by atoms with van der Waals surface area (Å²) in [5.41, 5.74) is 8.58. The van der Waals surface area contributed by atoms with Crippen LogP contribution in [-0.2, 0) is 0 Å². The van der Waals surface area contributed by atoms with Crippen LogP contribution in [0.5, 0.6) is 0 Å². The second kappa shape index (κ2) is 9.53. The van der Waals surface area contributed by atoms with Crippen LogP contribution in [0.3, 0.4) is 0 Å². The van der Waals surface area contributed by atoms with Crippen molar-refractivity contribution in [2.75, 3.05) is 18.0 Å². The molecule has 2 aliphatic rings. The summed E-state index contributed by atoms with van der Waals surface area (Å²) in [5, 5.41) is 1.21. The summed E-state index contributed by atoms with van der Waals surface area (Å²) >= 11 is 12.8. The zero-order valence-electron chi connectivity index (χ0n) is 19.4. The third-order valence-corrected chi connectivity index (χ3v) is 8.00. The van der Waals surface area contributed by atoms with Gasteiger partial charge in [-0.2, -0.15) is 0 Å². The highest BCUT2D eigenvalue weighted by Crippen LogP contribution is 2.50. The van der Waals surface area contributed by atoms with Gasteiger partial charge in [-0.15, -0.1) is 0 Å². The van der Waals surface area contributed by atoms with Crippen LogP contribution in [-0.4, -0.2) is 19.3 Å². The first-order valence-corrected chi connectivity index (χ1v) is 13.0. The van der Waals surface area contributed by atoms with E-state index >= 15 is 0 Å². The molecule has 4 heteroatoms. The maximum absolute atomic E-state index is 6.42. The summed E-state index contributed by atoms with van der Waals surface area (Å²) in [4.78, 5) is 7.49. The van der Waals surface area contributed by atoms with Gasteiger partial charge in [0.05, 0.1) is 15.7 Å². The Morgan fingerprint density at radius 2 is 1.20 bits per heavy atom. The molecular formula is C31H26Cl2N2. The molecule has 0 bridgehead atoms. The van der Waals surface area contributed by atoms with E-state index < -0.39 is 0 Å². The fraction of sp³-hybridized carbons (Fsp3) is 0.194. The van der Waals surface area contributed by atoms with Crippen molar-refractivity contribution in [2.24, 2.45) is 4.99 Å². The van der Waals surface area contributed by atoms with Crippen LogP contribution in [0.15, 0.2) is 96.0 Å². The number of benzene rings is 4. The Bertz CT molecular complexity index is 1290. The monoisotopic (exact) mass is 496 g/mol. The number of aliphatic imine (C=N–C) groups is 1. The lowest BCUT2D eigenvalue weighted by atomic mass is 9.76. The number of hydrogen-bond acceptors (Lipinski definition) is 2. The predicted molar refractivity (Wildman–Crippen MR) is 148 cm³/mol. The largest absolute Gasteiger partial charge is 0.371 e. The van der Waals surface area contributed by atoms with E-state index in [9.17, 15) is 0 Å². The van der Waals surface area contributed by atoms with Gasteiger partial charge in [-0.3, -0.25) is 4.99 Å². The molecule has 0 N–H and O–H groups in total. The molecule has 0 amide bonds. The van der Waals surface area contributed by atoms with Crippen LogP contribution in [0.2, 0.25) is 10.0 Å². The Hall–Kier alpha value is -3.07. The number of hydrogen-bond donors (Lipinski definition) is 0. The van der Waals surface area contributed by atoms with Crippen molar-refractivity contribution in [3.63, 3.8) is 0 Å². The fourth-order valence-corrected chi connectivity index (χ4v) is 6.18. The first kappa shape index (κ1) is 22.4. The normalized spacial score (nSPS) is 19.1. The van der Waals surface area contributed by atoms with Crippen molar-refractivity contribution in [3.05, 3.63) is 129 Å². The molecule has 0 spiro atoms. The standard InChI is InChI=1S/C31H26Cl2N2/c32-29-12-7-13-30(33)28(29)20-34-23-18-26-24(21-8-3-1-4-9-21)14-16-35-17-15-25(27(19-23)31(26)35)22-10-5-2-6-11-22/h1-13,18-20,24-25H,14-17H2/t24-,25-/m1/s1. The summed E-state index contributed by atoms with van der Waals surface area (Å²) in [6.07, 6.45) is 4.02. The predicted octanol–water partition coefficient (Wildman–Crippen LogP) is 8.62. The van der Waals surface area contributed by atoms with Gasteiger partial charge in [0.2, 0.25) is 0 Å². The molecule has 0 saturated carbocycles. The van der Waals surface area contributed by atoms with Crippen LogP contribution >= 0.6 is 23.2 Å². The van der Waals surface area contributed by atoms with Crippen molar-refractivity contribution in [3.8, 4) is 0 Å². The van der Waals surface area contributed by atoms with Gasteiger partial charge in [0, 0.05) is 42.4 Å². The van der Waals surface area contributed by atoms with E-state index in [1.807, 2.05) is 18.2 Å². The number of rotatable bonds is 4. The lowest BCUT2D eigenvalue weighted by molar-refractivity contribution is 0.571. The first-order valence-electron chi connectivity index (χ1n) is 12.2. The highest BCUT2D eigenvalue weighted by Gasteiger charge is 2.35. The molecule has 2 aliphatic heterocycles. The second-order valence-corrected chi connectivity index (χ2v) is 10.2. The Morgan fingerprint density at radius 1 is 0.686 bits per heavy atom. The molecule has 2 atom stereocenters. The smallest absolute Gasteiger partial charge is 0.0637 e. The van der Waals surface area contributed by atoms with E-state index in [0.29, 0.717) is 21.9 Å². The summed E-state index contributed by atoms with van der Waals surface area (Å²) in [7, 11) is 0. The molecule has 0 fully saturated rings. The molecular weight excluding hydrogens is 471 g/mol. The van der Waals surface area contributed by atoms with Crippen molar-refractivity contribution in [1.29, 1.82) is 0 Å². The minimum absolute atomic E-state index is 0.356. The van der Waals surface area contributed by atoms with Gasteiger partial charge in [-0.25, -0.2) is 0 Å². The molecule has 2 nitrogen and oxygen atoms in total. The average molecular weight is 497 g/mol. The topological polar surface area (TPSA) is 15.6 Å². The van der Waals surface area contributed by atoms with Gasteiger partial charge >= 0.3 is 0 Å². The molecule has 35 heavy (non-hydrogen) atoms. The summed E-state index contributed by atoms with van der Waals surface area (Å²) < 4.78 is 0. The first-order chi connectivity index (χ1) is 17.2. The van der Waals surface area contributed by atoms with Gasteiger partial charge in [0.25, 0.3) is 0 Å². The Morgan fingerprint density at radius 3 is 1.71 bits per heavy atom. The molecule has 6 rings (SSSR count). The average Bonchev–Trinajstić information content (AvgIpc) is 2.90. The SMILES string of the molecule is Clc1cccc(Cl)c1C=Nc1cc2c3c(c1)[C@@H](c1ccccc1)CCN3CC[C@@H]2c1ccccc1. The molecule has 4 aromatic carbocycles. The quantitative estimate of drug-likeness (QED) is 0.258. The van der Waals surface area contributed by atoms with Crippen LogP contribution in [0.4, 0.5) is 11.4 Å². The van der Waals surface area contributed by atoms with Crippen LogP contribution in [0.25, 0.3) is 0 Å².